The molecule has 0 fully saturated rings. The lowest BCUT2D eigenvalue weighted by molar-refractivity contribution is 0.481. The minimum absolute atomic E-state index is 0.0122. The van der Waals surface area contributed by atoms with Crippen molar-refractivity contribution in [2.75, 3.05) is 0 Å². The molecule has 0 aliphatic rings. The molecule has 2 rings (SSSR count). The van der Waals surface area contributed by atoms with Crippen molar-refractivity contribution in [3.8, 4) is 5.75 Å². The molecule has 0 saturated carbocycles. The van der Waals surface area contributed by atoms with Gasteiger partial charge in [-0.1, -0.05) is 0 Å². The maximum absolute atomic E-state index is 11.0. The molecule has 2 aromatic heterocycles. The van der Waals surface area contributed by atoms with E-state index < -0.39 is 0 Å². The summed E-state index contributed by atoms with van der Waals surface area (Å²) in [5.74, 6) is -0.0122. The van der Waals surface area contributed by atoms with E-state index in [0.29, 0.717) is 10.9 Å². The van der Waals surface area contributed by atoms with Gasteiger partial charge in [0.25, 0.3) is 5.56 Å². The molecular formula is C7H6N2O2. The summed E-state index contributed by atoms with van der Waals surface area (Å²) in [5, 5.41) is 9.45. The Bertz CT molecular complexity index is 441. The number of hydrogen-bond acceptors (Lipinski definition) is 2. The van der Waals surface area contributed by atoms with E-state index in [2.05, 4.69) is 9.97 Å². The zero-order valence-corrected chi connectivity index (χ0v) is 5.59. The van der Waals surface area contributed by atoms with Crippen molar-refractivity contribution in [3.63, 3.8) is 0 Å². The summed E-state index contributed by atoms with van der Waals surface area (Å²) in [6, 6.07) is 1.69. The van der Waals surface area contributed by atoms with Crippen molar-refractivity contribution in [3.05, 3.63) is 28.8 Å². The predicted molar refractivity (Wildman–Crippen MR) is 40.6 cm³/mol. The van der Waals surface area contributed by atoms with Gasteiger partial charge in [0.05, 0.1) is 5.52 Å². The third-order valence-electron chi connectivity index (χ3n) is 1.58. The van der Waals surface area contributed by atoms with Crippen molar-refractivity contribution in [1.82, 2.24) is 9.97 Å². The fraction of sp³-hybridized carbons (Fsp3) is 0. The molecule has 0 radical (unpaired) electrons. The number of aromatic hydroxyl groups is 1. The van der Waals surface area contributed by atoms with E-state index >= 15 is 0 Å². The van der Waals surface area contributed by atoms with Crippen LogP contribution in [-0.4, -0.2) is 15.1 Å². The molecule has 4 nitrogen and oxygen atoms in total. The highest BCUT2D eigenvalue weighted by molar-refractivity contribution is 5.84. The van der Waals surface area contributed by atoms with Crippen molar-refractivity contribution in [2.24, 2.45) is 0 Å². The Morgan fingerprint density at radius 3 is 2.91 bits per heavy atom. The molecule has 2 heterocycles. The van der Waals surface area contributed by atoms with Gasteiger partial charge in [0.1, 0.15) is 11.1 Å². The number of fused-ring (bicyclic) bond motifs is 1. The zero-order chi connectivity index (χ0) is 7.84. The first-order valence-electron chi connectivity index (χ1n) is 3.17. The van der Waals surface area contributed by atoms with E-state index in [9.17, 15) is 4.79 Å². The predicted octanol–water partition coefficient (Wildman–Crippen LogP) is 0.562. The van der Waals surface area contributed by atoms with Gasteiger partial charge < -0.3 is 15.1 Å². The van der Waals surface area contributed by atoms with E-state index in [0.717, 1.165) is 0 Å². The average molecular weight is 150 g/mol. The smallest absolute Gasteiger partial charge is 0.261 e. The van der Waals surface area contributed by atoms with Crippen LogP contribution >= 0.6 is 0 Å². The van der Waals surface area contributed by atoms with Crippen LogP contribution in [0.15, 0.2) is 23.3 Å². The lowest BCUT2D eigenvalue weighted by atomic mass is 10.3. The third-order valence-corrected chi connectivity index (χ3v) is 1.58. The quantitative estimate of drug-likeness (QED) is 0.513. The minimum Gasteiger partial charge on any atom is -0.505 e. The summed E-state index contributed by atoms with van der Waals surface area (Å²) in [5.41, 5.74) is 0.368. The number of rotatable bonds is 0. The first kappa shape index (κ1) is 6.03. The maximum Gasteiger partial charge on any atom is 0.261 e. The van der Waals surface area contributed by atoms with Crippen LogP contribution in [0.2, 0.25) is 0 Å². The van der Waals surface area contributed by atoms with Gasteiger partial charge in [-0.25, -0.2) is 0 Å². The highest BCUT2D eigenvalue weighted by Crippen LogP contribution is 2.18. The first-order valence-corrected chi connectivity index (χ1v) is 3.17. The average Bonchev–Trinajstić information content (AvgIpc) is 2.34. The van der Waals surface area contributed by atoms with E-state index in [1.807, 2.05) is 0 Å². The molecule has 0 bridgehead atoms. The fourth-order valence-electron chi connectivity index (χ4n) is 1.07. The van der Waals surface area contributed by atoms with Crippen molar-refractivity contribution in [1.29, 1.82) is 0 Å². The summed E-state index contributed by atoms with van der Waals surface area (Å²) in [7, 11) is 0. The molecule has 2 aromatic rings. The molecule has 56 valence electrons. The van der Waals surface area contributed by atoms with E-state index in [1.165, 1.54) is 12.4 Å². The molecule has 0 amide bonds. The number of pyridine rings is 1. The summed E-state index contributed by atoms with van der Waals surface area (Å²) in [6.45, 7) is 0. The van der Waals surface area contributed by atoms with Gasteiger partial charge in [0.15, 0.2) is 0 Å². The molecule has 0 atom stereocenters. The molecular weight excluding hydrogens is 144 g/mol. The highest BCUT2D eigenvalue weighted by Gasteiger charge is 2.03. The standard InChI is InChI=1S/C7H6N2O2/c10-5-3-9-4-1-2-8-7(11)6(4)5/h1-3,9-10H,(H,8,11). The largest absolute Gasteiger partial charge is 0.505 e. The van der Waals surface area contributed by atoms with Gasteiger partial charge in [-0.05, 0) is 6.07 Å². The summed E-state index contributed by atoms with van der Waals surface area (Å²) in [6.07, 6.45) is 2.92. The van der Waals surface area contributed by atoms with Gasteiger partial charge in [0, 0.05) is 12.4 Å². The molecule has 0 aliphatic carbocycles. The first-order chi connectivity index (χ1) is 5.29. The van der Waals surface area contributed by atoms with Crippen LogP contribution in [0.3, 0.4) is 0 Å². The Balaban J connectivity index is 3.08. The molecule has 0 spiro atoms. The van der Waals surface area contributed by atoms with Crippen LogP contribution in [0, 0.1) is 0 Å². The summed E-state index contributed by atoms with van der Waals surface area (Å²) < 4.78 is 0. The summed E-state index contributed by atoms with van der Waals surface area (Å²) in [4.78, 5) is 16.2. The monoisotopic (exact) mass is 150 g/mol. The SMILES string of the molecule is O=c1[nH]ccc2[nH]cc(O)c12. The van der Waals surface area contributed by atoms with Crippen LogP contribution in [0.1, 0.15) is 0 Å². The van der Waals surface area contributed by atoms with Crippen LogP contribution in [0.4, 0.5) is 0 Å². The number of nitrogens with one attached hydrogen (secondary N) is 2. The van der Waals surface area contributed by atoms with Gasteiger partial charge in [-0.3, -0.25) is 4.79 Å². The van der Waals surface area contributed by atoms with Crippen LogP contribution in [0.25, 0.3) is 10.9 Å². The molecule has 0 aliphatic heterocycles. The second kappa shape index (κ2) is 1.88. The normalized spacial score (nSPS) is 10.5. The third kappa shape index (κ3) is 0.724. The molecule has 0 unspecified atom stereocenters. The number of aromatic amines is 2. The molecule has 11 heavy (non-hydrogen) atoms. The Labute approximate surface area is 61.5 Å². The van der Waals surface area contributed by atoms with Crippen LogP contribution in [0.5, 0.6) is 5.75 Å². The van der Waals surface area contributed by atoms with Crippen LogP contribution in [-0.2, 0) is 0 Å². The number of aromatic nitrogens is 2. The molecule has 4 heteroatoms. The maximum atomic E-state index is 11.0. The lowest BCUT2D eigenvalue weighted by Gasteiger charge is -1.86. The van der Waals surface area contributed by atoms with Gasteiger partial charge in [0.2, 0.25) is 0 Å². The number of H-pyrrole nitrogens is 2. The Hall–Kier alpha value is -1.71. The number of hydrogen-bond donors (Lipinski definition) is 3. The molecule has 0 saturated heterocycles. The van der Waals surface area contributed by atoms with Gasteiger partial charge >= 0.3 is 0 Å². The molecule has 0 aromatic carbocycles. The van der Waals surface area contributed by atoms with E-state index in [4.69, 9.17) is 5.11 Å². The molecule has 3 N–H and O–H groups in total. The Morgan fingerprint density at radius 2 is 2.18 bits per heavy atom. The topological polar surface area (TPSA) is 68.9 Å². The van der Waals surface area contributed by atoms with Crippen molar-refractivity contribution < 1.29 is 5.11 Å². The van der Waals surface area contributed by atoms with Crippen molar-refractivity contribution >= 4 is 10.9 Å². The summed E-state index contributed by atoms with van der Waals surface area (Å²) >= 11 is 0. The van der Waals surface area contributed by atoms with Gasteiger partial charge in [-0.2, -0.15) is 0 Å². The second-order valence-corrected chi connectivity index (χ2v) is 2.27. The minimum atomic E-state index is -0.277. The fourth-order valence-corrected chi connectivity index (χ4v) is 1.07. The van der Waals surface area contributed by atoms with Crippen LogP contribution < -0.4 is 5.56 Å². The van der Waals surface area contributed by atoms with E-state index in [-0.39, 0.29) is 11.3 Å². The zero-order valence-electron chi connectivity index (χ0n) is 5.59. The Morgan fingerprint density at radius 1 is 1.36 bits per heavy atom. The van der Waals surface area contributed by atoms with Gasteiger partial charge in [-0.15, -0.1) is 0 Å². The van der Waals surface area contributed by atoms with Crippen molar-refractivity contribution in [2.45, 2.75) is 0 Å². The van der Waals surface area contributed by atoms with E-state index in [1.54, 1.807) is 6.07 Å². The lowest BCUT2D eigenvalue weighted by Crippen LogP contribution is -2.02. The highest BCUT2D eigenvalue weighted by atomic mass is 16.3. The Kier molecular flexibility index (Phi) is 1.03. The second-order valence-electron chi connectivity index (χ2n) is 2.27.